The average Bonchev–Trinajstić information content (AvgIpc) is 2.25. The molecular weight excluding hydrogens is 218 g/mol. The summed E-state index contributed by atoms with van der Waals surface area (Å²) in [5, 5.41) is 19.3. The van der Waals surface area contributed by atoms with Gasteiger partial charge >= 0.3 is 11.7 Å². The Balaban J connectivity index is 3.09. The molecule has 7 nitrogen and oxygen atoms in total. The summed E-state index contributed by atoms with van der Waals surface area (Å²) in [7, 11) is 1.37. The highest BCUT2D eigenvalue weighted by molar-refractivity contribution is 5.88. The molecule has 0 fully saturated rings. The van der Waals surface area contributed by atoms with Crippen LogP contribution in [0.5, 0.6) is 5.75 Å². The molecular formula is C9H9NO6. The van der Waals surface area contributed by atoms with E-state index in [0.717, 1.165) is 6.07 Å². The largest absolute Gasteiger partial charge is 0.478 e. The van der Waals surface area contributed by atoms with Gasteiger partial charge in [-0.1, -0.05) is 0 Å². The van der Waals surface area contributed by atoms with Gasteiger partial charge in [-0.25, -0.2) is 4.79 Å². The molecule has 0 saturated heterocycles. The summed E-state index contributed by atoms with van der Waals surface area (Å²) < 4.78 is 9.52. The minimum atomic E-state index is -1.23. The van der Waals surface area contributed by atoms with E-state index >= 15 is 0 Å². The third-order valence-corrected chi connectivity index (χ3v) is 1.73. The number of nitro benzene ring substituents is 1. The number of rotatable bonds is 5. The number of hydrogen-bond acceptors (Lipinski definition) is 5. The van der Waals surface area contributed by atoms with Crippen molar-refractivity contribution < 1.29 is 24.3 Å². The standard InChI is InChI=1S/C9H9NO6/c1-15-5-16-8-3-2-6(9(11)12)4-7(8)10(13)14/h2-4H,5H2,1H3,(H,11,12). The van der Waals surface area contributed by atoms with Crippen LogP contribution in [-0.4, -0.2) is 29.9 Å². The van der Waals surface area contributed by atoms with Crippen LogP contribution in [0.1, 0.15) is 10.4 Å². The summed E-state index contributed by atoms with van der Waals surface area (Å²) in [6.07, 6.45) is 0. The molecule has 16 heavy (non-hydrogen) atoms. The third-order valence-electron chi connectivity index (χ3n) is 1.73. The Morgan fingerprint density at radius 3 is 2.75 bits per heavy atom. The van der Waals surface area contributed by atoms with E-state index in [4.69, 9.17) is 9.84 Å². The zero-order valence-electron chi connectivity index (χ0n) is 8.37. The summed E-state index contributed by atoms with van der Waals surface area (Å²) >= 11 is 0. The summed E-state index contributed by atoms with van der Waals surface area (Å²) in [5.41, 5.74) is -0.576. The molecule has 86 valence electrons. The zero-order valence-corrected chi connectivity index (χ0v) is 8.37. The minimum absolute atomic E-state index is 0.0307. The van der Waals surface area contributed by atoms with Gasteiger partial charge < -0.3 is 14.6 Å². The first-order valence-electron chi connectivity index (χ1n) is 4.19. The van der Waals surface area contributed by atoms with Crippen LogP contribution < -0.4 is 4.74 Å². The van der Waals surface area contributed by atoms with E-state index in [1.165, 1.54) is 19.2 Å². The van der Waals surface area contributed by atoms with Gasteiger partial charge in [-0.3, -0.25) is 10.1 Å². The van der Waals surface area contributed by atoms with E-state index in [0.29, 0.717) is 0 Å². The van der Waals surface area contributed by atoms with Crippen LogP contribution in [0, 0.1) is 10.1 Å². The number of methoxy groups -OCH3 is 1. The van der Waals surface area contributed by atoms with Gasteiger partial charge in [0.1, 0.15) is 0 Å². The monoisotopic (exact) mass is 227 g/mol. The van der Waals surface area contributed by atoms with Gasteiger partial charge in [0.05, 0.1) is 10.5 Å². The number of benzene rings is 1. The van der Waals surface area contributed by atoms with Gasteiger partial charge in [-0.15, -0.1) is 0 Å². The number of carbonyl (C=O) groups is 1. The Labute approximate surface area is 90.4 Å². The molecule has 0 aliphatic carbocycles. The fraction of sp³-hybridized carbons (Fsp3) is 0.222. The van der Waals surface area contributed by atoms with Crippen molar-refractivity contribution in [3.8, 4) is 5.75 Å². The maximum absolute atomic E-state index is 10.7. The zero-order chi connectivity index (χ0) is 12.1. The van der Waals surface area contributed by atoms with E-state index in [9.17, 15) is 14.9 Å². The predicted molar refractivity (Wildman–Crippen MR) is 52.6 cm³/mol. The molecule has 0 unspecified atom stereocenters. The van der Waals surface area contributed by atoms with Crippen molar-refractivity contribution >= 4 is 11.7 Å². The van der Waals surface area contributed by atoms with Crippen molar-refractivity contribution in [1.29, 1.82) is 0 Å². The average molecular weight is 227 g/mol. The first-order valence-corrected chi connectivity index (χ1v) is 4.19. The molecule has 0 heterocycles. The highest BCUT2D eigenvalue weighted by Gasteiger charge is 2.18. The highest BCUT2D eigenvalue weighted by atomic mass is 16.7. The third kappa shape index (κ3) is 2.67. The fourth-order valence-electron chi connectivity index (χ4n) is 1.04. The predicted octanol–water partition coefficient (Wildman–Crippen LogP) is 1.28. The Morgan fingerprint density at radius 1 is 1.56 bits per heavy atom. The molecule has 0 saturated carbocycles. The molecule has 0 spiro atoms. The fourth-order valence-corrected chi connectivity index (χ4v) is 1.04. The van der Waals surface area contributed by atoms with Gasteiger partial charge in [0.25, 0.3) is 0 Å². The lowest BCUT2D eigenvalue weighted by Gasteiger charge is -2.05. The first kappa shape index (κ1) is 11.9. The van der Waals surface area contributed by atoms with E-state index < -0.39 is 16.6 Å². The molecule has 0 atom stereocenters. The molecule has 0 aromatic heterocycles. The molecule has 1 rings (SSSR count). The summed E-state index contributed by atoms with van der Waals surface area (Å²) in [4.78, 5) is 20.6. The summed E-state index contributed by atoms with van der Waals surface area (Å²) in [5.74, 6) is -1.27. The van der Waals surface area contributed by atoms with Crippen molar-refractivity contribution in [3.63, 3.8) is 0 Å². The van der Waals surface area contributed by atoms with Crippen molar-refractivity contribution in [2.24, 2.45) is 0 Å². The van der Waals surface area contributed by atoms with Crippen molar-refractivity contribution in [2.45, 2.75) is 0 Å². The number of aromatic carboxylic acids is 1. The Morgan fingerprint density at radius 2 is 2.25 bits per heavy atom. The maximum Gasteiger partial charge on any atom is 0.335 e. The lowest BCUT2D eigenvalue weighted by molar-refractivity contribution is -0.386. The highest BCUT2D eigenvalue weighted by Crippen LogP contribution is 2.27. The SMILES string of the molecule is COCOc1ccc(C(=O)O)cc1[N+](=O)[O-]. The lowest BCUT2D eigenvalue weighted by Crippen LogP contribution is -2.04. The van der Waals surface area contributed by atoms with E-state index in [2.05, 4.69) is 4.74 Å². The quantitative estimate of drug-likeness (QED) is 0.462. The second-order valence-electron chi connectivity index (χ2n) is 2.80. The van der Waals surface area contributed by atoms with Crippen LogP contribution in [-0.2, 0) is 4.74 Å². The van der Waals surface area contributed by atoms with Gasteiger partial charge in [-0.05, 0) is 12.1 Å². The summed E-state index contributed by atoms with van der Waals surface area (Å²) in [6, 6.07) is 3.38. The number of hydrogen-bond donors (Lipinski definition) is 1. The molecule has 1 N–H and O–H groups in total. The molecule has 1 aromatic carbocycles. The second kappa shape index (κ2) is 5.08. The molecule has 0 bridgehead atoms. The van der Waals surface area contributed by atoms with Crippen LogP contribution in [0.3, 0.4) is 0 Å². The van der Waals surface area contributed by atoms with Crippen molar-refractivity contribution in [1.82, 2.24) is 0 Å². The Bertz CT molecular complexity index is 416. The molecule has 0 aliphatic rings. The number of nitrogens with zero attached hydrogens (tertiary/aromatic N) is 1. The molecule has 1 aromatic rings. The molecule has 0 radical (unpaired) electrons. The van der Waals surface area contributed by atoms with Crippen LogP contribution in [0.25, 0.3) is 0 Å². The van der Waals surface area contributed by atoms with Crippen molar-refractivity contribution in [2.75, 3.05) is 13.9 Å². The van der Waals surface area contributed by atoms with Crippen LogP contribution >= 0.6 is 0 Å². The second-order valence-corrected chi connectivity index (χ2v) is 2.80. The van der Waals surface area contributed by atoms with Gasteiger partial charge in [-0.2, -0.15) is 0 Å². The van der Waals surface area contributed by atoms with E-state index in [1.807, 2.05) is 0 Å². The Hall–Kier alpha value is -2.15. The van der Waals surface area contributed by atoms with Crippen molar-refractivity contribution in [3.05, 3.63) is 33.9 Å². The maximum atomic E-state index is 10.7. The smallest absolute Gasteiger partial charge is 0.335 e. The van der Waals surface area contributed by atoms with E-state index in [-0.39, 0.29) is 18.1 Å². The van der Waals surface area contributed by atoms with Crippen LogP contribution in [0.15, 0.2) is 18.2 Å². The summed E-state index contributed by atoms with van der Waals surface area (Å²) in [6.45, 7) is -0.146. The molecule has 7 heteroatoms. The number of carboxylic acids is 1. The first-order chi connectivity index (χ1) is 7.56. The number of ether oxygens (including phenoxy) is 2. The normalized spacial score (nSPS) is 9.81. The topological polar surface area (TPSA) is 98.9 Å². The lowest BCUT2D eigenvalue weighted by atomic mass is 10.2. The molecule has 0 amide bonds. The van der Waals surface area contributed by atoms with Gasteiger partial charge in [0.15, 0.2) is 12.5 Å². The number of carboxylic acid groups (broad SMARTS) is 1. The van der Waals surface area contributed by atoms with Crippen LogP contribution in [0.2, 0.25) is 0 Å². The van der Waals surface area contributed by atoms with Crippen LogP contribution in [0.4, 0.5) is 5.69 Å². The number of nitro groups is 1. The van der Waals surface area contributed by atoms with Gasteiger partial charge in [0.2, 0.25) is 0 Å². The molecule has 0 aliphatic heterocycles. The Kier molecular flexibility index (Phi) is 3.78. The van der Waals surface area contributed by atoms with Gasteiger partial charge in [0, 0.05) is 13.2 Å². The minimum Gasteiger partial charge on any atom is -0.478 e. The van der Waals surface area contributed by atoms with E-state index in [1.54, 1.807) is 0 Å².